The second kappa shape index (κ2) is 6.64. The van der Waals surface area contributed by atoms with Crippen molar-refractivity contribution >= 4 is 5.97 Å². The van der Waals surface area contributed by atoms with Gasteiger partial charge >= 0.3 is 5.97 Å². The lowest BCUT2D eigenvalue weighted by atomic mass is 10.3. The summed E-state index contributed by atoms with van der Waals surface area (Å²) in [5.74, 6) is -1.57. The molecule has 0 aliphatic carbocycles. The minimum atomic E-state index is -0.783. The maximum absolute atomic E-state index is 11.4. The van der Waals surface area contributed by atoms with Crippen LogP contribution in [0.1, 0.15) is 6.92 Å². The van der Waals surface area contributed by atoms with Gasteiger partial charge in [-0.05, 0) is 12.5 Å². The maximum atomic E-state index is 11.4. The fourth-order valence-electron chi connectivity index (χ4n) is 1.11. The fraction of sp³-hybridized carbons (Fsp3) is 0.300. The molecule has 100 valence electrons. The Balaban J connectivity index is 2.53. The molecule has 18 heavy (non-hydrogen) atoms. The summed E-state index contributed by atoms with van der Waals surface area (Å²) in [5.41, 5.74) is 2.33. The molecule has 0 amide bonds. The van der Waals surface area contributed by atoms with Gasteiger partial charge in [0.1, 0.15) is 6.73 Å². The molecule has 0 spiro atoms. The molecule has 8 heteroatoms. The summed E-state index contributed by atoms with van der Waals surface area (Å²) < 4.78 is 5.47. The van der Waals surface area contributed by atoms with Crippen molar-refractivity contribution in [1.29, 1.82) is 0 Å². The molecular weight excluding hydrogens is 244 g/mol. The Bertz CT molecular complexity index is 420. The highest BCUT2D eigenvalue weighted by molar-refractivity contribution is 5.83. The van der Waals surface area contributed by atoms with Gasteiger partial charge < -0.3 is 25.0 Å². The molecule has 1 rings (SSSR count). The molecule has 0 aromatic carbocycles. The minimum absolute atomic E-state index is 0.0700. The second-order valence-electron chi connectivity index (χ2n) is 3.40. The first-order valence-corrected chi connectivity index (χ1v) is 4.98. The van der Waals surface area contributed by atoms with Gasteiger partial charge in [0.15, 0.2) is 0 Å². The Morgan fingerprint density at radius 1 is 1.44 bits per heavy atom. The smallest absolute Gasteiger partial charge is 0.356 e. The summed E-state index contributed by atoms with van der Waals surface area (Å²) in [6, 6.07) is 2.35. The van der Waals surface area contributed by atoms with E-state index in [4.69, 9.17) is 9.94 Å². The molecule has 1 aromatic rings. The number of carbonyl (C=O) groups is 1. The largest absolute Gasteiger partial charge is 0.492 e. The van der Waals surface area contributed by atoms with Crippen molar-refractivity contribution in [3.05, 3.63) is 23.8 Å². The lowest BCUT2D eigenvalue weighted by molar-refractivity contribution is -0.139. The number of carbonyl (C=O) groups excluding carboxylic acids is 1. The zero-order valence-corrected chi connectivity index (χ0v) is 9.66. The van der Waals surface area contributed by atoms with E-state index in [1.54, 1.807) is 12.4 Å². The standard InChI is InChI=1S/C10H14N2O6/c1-7(5-17-6-11-16)4-10(15)18-12-8(13)2-3-9(12)14/h2-4,11,13-14,16H,5-6H2,1H3/b7-4+. The first-order chi connectivity index (χ1) is 8.54. The fourth-order valence-corrected chi connectivity index (χ4v) is 1.11. The number of hydrogen-bond donors (Lipinski definition) is 4. The van der Waals surface area contributed by atoms with Gasteiger partial charge in [-0.2, -0.15) is 5.48 Å². The highest BCUT2D eigenvalue weighted by Gasteiger charge is 2.10. The average molecular weight is 258 g/mol. The second-order valence-corrected chi connectivity index (χ2v) is 3.40. The molecule has 0 bridgehead atoms. The van der Waals surface area contributed by atoms with Crippen LogP contribution in [0.3, 0.4) is 0 Å². The predicted octanol–water partition coefficient (Wildman–Crippen LogP) is -0.246. The molecule has 8 nitrogen and oxygen atoms in total. The van der Waals surface area contributed by atoms with E-state index < -0.39 is 17.7 Å². The van der Waals surface area contributed by atoms with Crippen LogP contribution in [0.25, 0.3) is 0 Å². The van der Waals surface area contributed by atoms with E-state index >= 15 is 0 Å². The Kier molecular flexibility index (Phi) is 5.18. The van der Waals surface area contributed by atoms with E-state index in [-0.39, 0.29) is 13.3 Å². The van der Waals surface area contributed by atoms with Crippen molar-refractivity contribution < 1.29 is 29.8 Å². The van der Waals surface area contributed by atoms with Crippen molar-refractivity contribution in [2.45, 2.75) is 6.92 Å². The van der Waals surface area contributed by atoms with E-state index in [0.717, 1.165) is 6.08 Å². The third kappa shape index (κ3) is 4.09. The zero-order chi connectivity index (χ0) is 13.5. The Labute approximate surface area is 103 Å². The number of rotatable bonds is 6. The van der Waals surface area contributed by atoms with Crippen molar-refractivity contribution in [2.24, 2.45) is 0 Å². The van der Waals surface area contributed by atoms with Crippen LogP contribution in [0.4, 0.5) is 0 Å². The monoisotopic (exact) mass is 258 g/mol. The van der Waals surface area contributed by atoms with E-state index in [1.807, 2.05) is 0 Å². The third-order valence-corrected chi connectivity index (χ3v) is 1.84. The topological polar surface area (TPSA) is 113 Å². The first kappa shape index (κ1) is 14.0. The summed E-state index contributed by atoms with van der Waals surface area (Å²) in [7, 11) is 0. The number of nitrogens with one attached hydrogen (secondary N) is 1. The number of nitrogens with zero attached hydrogens (tertiary/aromatic N) is 1. The lowest BCUT2D eigenvalue weighted by Crippen LogP contribution is -2.18. The zero-order valence-electron chi connectivity index (χ0n) is 9.66. The SMILES string of the molecule is C/C(=C\C(=O)On1c(O)ccc1O)COCNO. The van der Waals surface area contributed by atoms with Crippen molar-refractivity contribution in [3.63, 3.8) is 0 Å². The van der Waals surface area contributed by atoms with Crippen LogP contribution >= 0.6 is 0 Å². The van der Waals surface area contributed by atoms with Gasteiger partial charge in [-0.25, -0.2) is 4.79 Å². The Morgan fingerprint density at radius 2 is 2.06 bits per heavy atom. The van der Waals surface area contributed by atoms with Gasteiger partial charge in [-0.3, -0.25) is 0 Å². The van der Waals surface area contributed by atoms with Gasteiger partial charge in [0.2, 0.25) is 11.8 Å². The molecule has 0 radical (unpaired) electrons. The molecular formula is C10H14N2O6. The normalized spacial score (nSPS) is 11.6. The van der Waals surface area contributed by atoms with Crippen LogP contribution in [0.15, 0.2) is 23.8 Å². The average Bonchev–Trinajstić information content (AvgIpc) is 2.61. The Morgan fingerprint density at radius 3 is 2.61 bits per heavy atom. The van der Waals surface area contributed by atoms with Crippen molar-refractivity contribution in [2.75, 3.05) is 13.3 Å². The summed E-state index contributed by atoms with van der Waals surface area (Å²) in [4.78, 5) is 16.1. The molecule has 1 aromatic heterocycles. The van der Waals surface area contributed by atoms with Gasteiger partial charge in [0.05, 0.1) is 6.61 Å². The Hall–Kier alpha value is -2.03. The van der Waals surface area contributed by atoms with Crippen molar-refractivity contribution in [3.8, 4) is 11.8 Å². The van der Waals surface area contributed by atoms with Crippen LogP contribution in [-0.4, -0.2) is 39.5 Å². The van der Waals surface area contributed by atoms with Gasteiger partial charge in [0, 0.05) is 18.2 Å². The molecule has 4 N–H and O–H groups in total. The number of aromatic hydroxyl groups is 2. The molecule has 0 fully saturated rings. The van der Waals surface area contributed by atoms with E-state index in [9.17, 15) is 15.0 Å². The van der Waals surface area contributed by atoms with Gasteiger partial charge in [-0.1, -0.05) is 0 Å². The van der Waals surface area contributed by atoms with E-state index in [2.05, 4.69) is 4.84 Å². The van der Waals surface area contributed by atoms with Crippen LogP contribution in [-0.2, 0) is 9.53 Å². The summed E-state index contributed by atoms with van der Waals surface area (Å²) in [6.07, 6.45) is 1.14. The van der Waals surface area contributed by atoms with E-state index in [1.165, 1.54) is 12.1 Å². The number of aromatic nitrogens is 1. The van der Waals surface area contributed by atoms with Crippen LogP contribution in [0.5, 0.6) is 11.8 Å². The number of hydrogen-bond acceptors (Lipinski definition) is 7. The molecule has 1 heterocycles. The number of ether oxygens (including phenoxy) is 1. The quantitative estimate of drug-likeness (QED) is 0.241. The molecule has 0 unspecified atom stereocenters. The van der Waals surface area contributed by atoms with Crippen LogP contribution in [0, 0.1) is 0 Å². The lowest BCUT2D eigenvalue weighted by Gasteiger charge is -2.05. The summed E-state index contributed by atoms with van der Waals surface area (Å²) in [5, 5.41) is 26.7. The third-order valence-electron chi connectivity index (χ3n) is 1.84. The molecule has 0 aliphatic heterocycles. The predicted molar refractivity (Wildman–Crippen MR) is 58.8 cm³/mol. The summed E-state index contributed by atoms with van der Waals surface area (Å²) >= 11 is 0. The molecule has 0 saturated carbocycles. The van der Waals surface area contributed by atoms with Crippen molar-refractivity contribution in [1.82, 2.24) is 10.2 Å². The van der Waals surface area contributed by atoms with Crippen LogP contribution in [0.2, 0.25) is 0 Å². The highest BCUT2D eigenvalue weighted by atomic mass is 16.7. The van der Waals surface area contributed by atoms with Gasteiger partial charge in [-0.15, -0.1) is 4.73 Å². The molecule has 0 saturated heterocycles. The van der Waals surface area contributed by atoms with Gasteiger partial charge in [0.25, 0.3) is 0 Å². The van der Waals surface area contributed by atoms with E-state index in [0.29, 0.717) is 10.3 Å². The highest BCUT2D eigenvalue weighted by Crippen LogP contribution is 2.18. The molecule has 0 aliphatic rings. The van der Waals surface area contributed by atoms with Crippen LogP contribution < -0.4 is 10.3 Å². The maximum Gasteiger partial charge on any atom is 0.356 e. The number of hydroxylamine groups is 1. The minimum Gasteiger partial charge on any atom is -0.492 e. The first-order valence-electron chi connectivity index (χ1n) is 4.98. The summed E-state index contributed by atoms with van der Waals surface area (Å²) in [6.45, 7) is 1.67. The molecule has 0 atom stereocenters.